The maximum Gasteiger partial charge on any atom is 0.162 e. The van der Waals surface area contributed by atoms with Crippen molar-refractivity contribution in [2.45, 2.75) is 20.2 Å². The van der Waals surface area contributed by atoms with Crippen LogP contribution in [0.5, 0.6) is 0 Å². The minimum atomic E-state index is -2.09. The molecule has 0 fully saturated rings. The monoisotopic (exact) mass is 151 g/mol. The lowest BCUT2D eigenvalue weighted by Crippen LogP contribution is -1.95. The highest BCUT2D eigenvalue weighted by Gasteiger charge is 1.99. The van der Waals surface area contributed by atoms with E-state index in [1.165, 1.54) is 12.1 Å². The fraction of sp³-hybridized carbons (Fsp3) is 0.300. The predicted octanol–water partition coefficient (Wildman–Crippen LogP) is 2.59. The van der Waals surface area contributed by atoms with E-state index in [1.54, 1.807) is 19.1 Å². The summed E-state index contributed by atoms with van der Waals surface area (Å²) in [5.41, 5.74) is 0.839. The van der Waals surface area contributed by atoms with E-state index in [1.807, 2.05) is 0 Å². The number of carbonyl (C=O) groups excluding carboxylic acids is 1. The van der Waals surface area contributed by atoms with Gasteiger partial charge in [0.1, 0.15) is 0 Å². The second-order valence-corrected chi connectivity index (χ2v) is 2.35. The van der Waals surface area contributed by atoms with Gasteiger partial charge in [-0.15, -0.1) is 0 Å². The van der Waals surface area contributed by atoms with E-state index in [-0.39, 0.29) is 11.3 Å². The van der Waals surface area contributed by atoms with Crippen LogP contribution in [-0.4, -0.2) is 5.78 Å². The van der Waals surface area contributed by atoms with Gasteiger partial charge >= 0.3 is 0 Å². The van der Waals surface area contributed by atoms with Crippen LogP contribution < -0.4 is 0 Å². The predicted molar refractivity (Wildman–Crippen MR) is 45.8 cm³/mol. The maximum atomic E-state index is 11.2. The van der Waals surface area contributed by atoms with Gasteiger partial charge in [-0.25, -0.2) is 0 Å². The van der Waals surface area contributed by atoms with E-state index in [4.69, 9.17) is 4.11 Å². The lowest BCUT2D eigenvalue weighted by molar-refractivity contribution is 0.0988. The summed E-state index contributed by atoms with van der Waals surface area (Å²) in [5.74, 6) is 0.0297. The van der Waals surface area contributed by atoms with Crippen molar-refractivity contribution in [2.75, 3.05) is 0 Å². The van der Waals surface area contributed by atoms with Crippen LogP contribution in [0.4, 0.5) is 0 Å². The van der Waals surface area contributed by atoms with Gasteiger partial charge in [0.05, 0.1) is 0 Å². The Morgan fingerprint density at radius 3 is 2.55 bits per heavy atom. The topological polar surface area (TPSA) is 17.1 Å². The maximum absolute atomic E-state index is 11.2. The standard InChI is InChI=1S/C10H12O/c1-3-10(11)9-6-4-8(2)5-7-9/h4-7H,3H2,1-2H3/i2D3. The normalized spacial score (nSPS) is 14.8. The number of Topliss-reactive ketones (excluding diaryl/α,β-unsaturated/α-hetero) is 1. The van der Waals surface area contributed by atoms with Crippen LogP contribution in [0.2, 0.25) is 0 Å². The van der Waals surface area contributed by atoms with Crippen LogP contribution in [-0.2, 0) is 0 Å². The highest BCUT2D eigenvalue weighted by molar-refractivity contribution is 5.95. The summed E-state index contributed by atoms with van der Waals surface area (Å²) < 4.78 is 21.4. The Kier molecular flexibility index (Phi) is 1.42. The molecule has 1 aromatic rings. The van der Waals surface area contributed by atoms with Crippen molar-refractivity contribution in [1.29, 1.82) is 0 Å². The third-order valence-electron chi connectivity index (χ3n) is 1.53. The first-order chi connectivity index (χ1) is 6.45. The molecule has 58 valence electrons. The molecule has 1 heteroatoms. The summed E-state index contributed by atoms with van der Waals surface area (Å²) >= 11 is 0. The SMILES string of the molecule is [2H]C([2H])([2H])c1ccc(C(=O)CC)cc1. The molecular formula is C10H12O. The first kappa shape index (κ1) is 4.70. The van der Waals surface area contributed by atoms with Crippen molar-refractivity contribution in [3.05, 3.63) is 35.4 Å². The Morgan fingerprint density at radius 1 is 1.45 bits per heavy atom. The third-order valence-corrected chi connectivity index (χ3v) is 1.53. The van der Waals surface area contributed by atoms with Gasteiger partial charge in [0.15, 0.2) is 5.78 Å². The van der Waals surface area contributed by atoms with Crippen LogP contribution in [0.3, 0.4) is 0 Å². The van der Waals surface area contributed by atoms with Crippen LogP contribution in [0.15, 0.2) is 24.3 Å². The van der Waals surface area contributed by atoms with Gasteiger partial charge in [0.2, 0.25) is 0 Å². The van der Waals surface area contributed by atoms with Crippen molar-refractivity contribution < 1.29 is 8.91 Å². The summed E-state index contributed by atoms with van der Waals surface area (Å²) in [6.45, 7) is -0.312. The molecule has 0 N–H and O–H groups in total. The van der Waals surface area contributed by atoms with Gasteiger partial charge in [-0.05, 0) is 6.85 Å². The zero-order valence-corrected chi connectivity index (χ0v) is 6.42. The number of carbonyl (C=O) groups is 1. The number of aryl methyl sites for hydroxylation is 1. The van der Waals surface area contributed by atoms with Crippen molar-refractivity contribution >= 4 is 5.78 Å². The van der Waals surface area contributed by atoms with E-state index >= 15 is 0 Å². The van der Waals surface area contributed by atoms with E-state index in [0.717, 1.165) is 0 Å². The fourth-order valence-corrected chi connectivity index (χ4v) is 0.860. The number of rotatable bonds is 2. The number of ketones is 1. The van der Waals surface area contributed by atoms with Gasteiger partial charge in [0.25, 0.3) is 0 Å². The minimum absolute atomic E-state index is 0.0297. The van der Waals surface area contributed by atoms with Crippen molar-refractivity contribution in [1.82, 2.24) is 0 Å². The molecule has 1 nitrogen and oxygen atoms in total. The minimum Gasteiger partial charge on any atom is -0.294 e. The molecule has 0 amide bonds. The molecule has 0 aliphatic heterocycles. The molecular weight excluding hydrogens is 136 g/mol. The quantitative estimate of drug-likeness (QED) is 0.594. The van der Waals surface area contributed by atoms with Crippen LogP contribution >= 0.6 is 0 Å². The Hall–Kier alpha value is -1.11. The van der Waals surface area contributed by atoms with Gasteiger partial charge in [-0.2, -0.15) is 0 Å². The molecule has 0 atom stereocenters. The van der Waals surface area contributed by atoms with Gasteiger partial charge in [-0.1, -0.05) is 36.8 Å². The molecule has 0 spiro atoms. The molecule has 0 saturated carbocycles. The molecule has 0 aliphatic carbocycles. The smallest absolute Gasteiger partial charge is 0.162 e. The van der Waals surface area contributed by atoms with Crippen molar-refractivity contribution in [3.8, 4) is 0 Å². The largest absolute Gasteiger partial charge is 0.294 e. The molecule has 11 heavy (non-hydrogen) atoms. The molecule has 0 aliphatic rings. The number of hydrogen-bond donors (Lipinski definition) is 0. The highest BCUT2D eigenvalue weighted by Crippen LogP contribution is 2.05. The van der Waals surface area contributed by atoms with Crippen molar-refractivity contribution in [3.63, 3.8) is 0 Å². The second-order valence-electron chi connectivity index (χ2n) is 2.35. The summed E-state index contributed by atoms with van der Waals surface area (Å²) in [4.78, 5) is 11.2. The molecule has 0 bridgehead atoms. The second kappa shape index (κ2) is 3.33. The molecule has 0 unspecified atom stereocenters. The first-order valence-electron chi connectivity index (χ1n) is 5.09. The molecule has 0 heterocycles. The van der Waals surface area contributed by atoms with E-state index in [2.05, 4.69) is 0 Å². The average molecular weight is 151 g/mol. The van der Waals surface area contributed by atoms with E-state index in [0.29, 0.717) is 12.0 Å². The third kappa shape index (κ3) is 1.90. The van der Waals surface area contributed by atoms with Crippen molar-refractivity contribution in [2.24, 2.45) is 0 Å². The Balaban J connectivity index is 2.95. The Morgan fingerprint density at radius 2 is 2.09 bits per heavy atom. The van der Waals surface area contributed by atoms with Crippen LogP contribution in [0.1, 0.15) is 33.4 Å². The molecule has 0 saturated heterocycles. The van der Waals surface area contributed by atoms with E-state index < -0.39 is 6.85 Å². The summed E-state index contributed by atoms with van der Waals surface area (Å²) in [6, 6.07) is 6.09. The molecule has 0 aromatic heterocycles. The zero-order valence-electron chi connectivity index (χ0n) is 9.42. The van der Waals surface area contributed by atoms with Gasteiger partial charge in [-0.3, -0.25) is 4.79 Å². The van der Waals surface area contributed by atoms with Crippen LogP contribution in [0.25, 0.3) is 0 Å². The summed E-state index contributed by atoms with van der Waals surface area (Å²) in [6.07, 6.45) is 0.438. The first-order valence-corrected chi connectivity index (χ1v) is 3.59. The zero-order chi connectivity index (χ0) is 10.8. The number of hydrogen-bond acceptors (Lipinski definition) is 1. The highest BCUT2D eigenvalue weighted by atomic mass is 16.1. The van der Waals surface area contributed by atoms with Gasteiger partial charge < -0.3 is 0 Å². The molecule has 1 aromatic carbocycles. The van der Waals surface area contributed by atoms with Gasteiger partial charge in [0, 0.05) is 16.1 Å². The lowest BCUT2D eigenvalue weighted by atomic mass is 10.1. The molecule has 1 rings (SSSR count). The van der Waals surface area contributed by atoms with Crippen LogP contribution in [0, 0.1) is 6.85 Å². The summed E-state index contributed by atoms with van der Waals surface area (Å²) in [7, 11) is 0. The summed E-state index contributed by atoms with van der Waals surface area (Å²) in [5, 5.41) is 0. The Bertz CT molecular complexity index is 324. The van der Waals surface area contributed by atoms with E-state index in [9.17, 15) is 4.79 Å². The Labute approximate surface area is 71.3 Å². The lowest BCUT2D eigenvalue weighted by Gasteiger charge is -1.96. The molecule has 0 radical (unpaired) electrons. The fourth-order valence-electron chi connectivity index (χ4n) is 0.860. The number of benzene rings is 1. The average Bonchev–Trinajstić information content (AvgIpc) is 2.15.